The topological polar surface area (TPSA) is 55.8 Å². The maximum absolute atomic E-state index is 11.0. The minimum atomic E-state index is -0.105. The molecule has 0 unspecified atom stereocenters. The Labute approximate surface area is 82.0 Å². The van der Waals surface area contributed by atoms with Gasteiger partial charge >= 0.3 is 0 Å². The van der Waals surface area contributed by atoms with Crippen LogP contribution in [0.25, 0.3) is 0 Å². The zero-order valence-electron chi connectivity index (χ0n) is 7.90. The molecule has 4 heteroatoms. The summed E-state index contributed by atoms with van der Waals surface area (Å²) in [5.74, 6) is 0.420. The molecule has 14 heavy (non-hydrogen) atoms. The average Bonchev–Trinajstić information content (AvgIpc) is 2.19. The summed E-state index contributed by atoms with van der Waals surface area (Å²) in [6.45, 7) is 1.48. The first-order valence-electron chi connectivity index (χ1n) is 4.25. The van der Waals surface area contributed by atoms with Gasteiger partial charge in [0.1, 0.15) is 6.61 Å². The predicted molar refractivity (Wildman–Crippen MR) is 50.1 cm³/mol. The normalized spacial score (nSPS) is 9.86. The summed E-state index contributed by atoms with van der Waals surface area (Å²) < 4.78 is 0. The number of hydrogen-bond acceptors (Lipinski definition) is 4. The van der Waals surface area contributed by atoms with Crippen LogP contribution in [-0.2, 0) is 4.89 Å². The van der Waals surface area contributed by atoms with Gasteiger partial charge in [0.2, 0.25) is 0 Å². The van der Waals surface area contributed by atoms with Gasteiger partial charge in [0.15, 0.2) is 11.5 Å². The maximum Gasteiger partial charge on any atom is 0.166 e. The SMILES string of the molecule is CC(=O)c1cccc(OOCCO)c1. The van der Waals surface area contributed by atoms with E-state index in [9.17, 15) is 4.79 Å². The van der Waals surface area contributed by atoms with Crippen LogP contribution in [0.3, 0.4) is 0 Å². The molecule has 0 saturated carbocycles. The fourth-order valence-electron chi connectivity index (χ4n) is 0.914. The molecule has 1 rings (SSSR count). The minimum absolute atomic E-state index is 0.0300. The molecule has 0 heterocycles. The van der Waals surface area contributed by atoms with Gasteiger partial charge in [-0.3, -0.25) is 4.79 Å². The molecule has 4 nitrogen and oxygen atoms in total. The number of Topliss-reactive ketones (excluding diaryl/α,β-unsaturated/α-hetero) is 1. The van der Waals surface area contributed by atoms with Crippen molar-refractivity contribution in [2.24, 2.45) is 0 Å². The zero-order chi connectivity index (χ0) is 10.4. The number of rotatable bonds is 5. The van der Waals surface area contributed by atoms with Crippen molar-refractivity contribution in [3.05, 3.63) is 29.8 Å². The zero-order valence-corrected chi connectivity index (χ0v) is 7.90. The van der Waals surface area contributed by atoms with E-state index in [1.807, 2.05) is 0 Å². The second-order valence-corrected chi connectivity index (χ2v) is 2.71. The molecule has 0 aliphatic rings. The van der Waals surface area contributed by atoms with Gasteiger partial charge in [-0.1, -0.05) is 12.1 Å². The molecule has 0 bridgehead atoms. The summed E-state index contributed by atoms with van der Waals surface area (Å²) in [6.07, 6.45) is 0. The molecule has 0 fully saturated rings. The minimum Gasteiger partial charge on any atom is -0.394 e. The van der Waals surface area contributed by atoms with Crippen LogP contribution in [0, 0.1) is 0 Å². The van der Waals surface area contributed by atoms with Gasteiger partial charge in [-0.05, 0) is 19.1 Å². The van der Waals surface area contributed by atoms with Crippen molar-refractivity contribution in [1.82, 2.24) is 0 Å². The highest BCUT2D eigenvalue weighted by molar-refractivity contribution is 5.94. The van der Waals surface area contributed by atoms with Crippen LogP contribution in [-0.4, -0.2) is 24.1 Å². The van der Waals surface area contributed by atoms with Gasteiger partial charge in [-0.2, -0.15) is 4.89 Å². The molecule has 0 aliphatic carbocycles. The van der Waals surface area contributed by atoms with E-state index < -0.39 is 0 Å². The van der Waals surface area contributed by atoms with Crippen molar-refractivity contribution in [3.8, 4) is 5.75 Å². The third-order valence-corrected chi connectivity index (χ3v) is 1.57. The number of ketones is 1. The predicted octanol–water partition coefficient (Wildman–Crippen LogP) is 1.19. The Morgan fingerprint density at radius 3 is 2.93 bits per heavy atom. The number of aliphatic hydroxyl groups is 1. The van der Waals surface area contributed by atoms with Crippen LogP contribution in [0.1, 0.15) is 17.3 Å². The van der Waals surface area contributed by atoms with Gasteiger partial charge < -0.3 is 9.99 Å². The highest BCUT2D eigenvalue weighted by atomic mass is 17.2. The molecule has 1 N–H and O–H groups in total. The average molecular weight is 196 g/mol. The van der Waals surface area contributed by atoms with Gasteiger partial charge in [0, 0.05) is 5.56 Å². The van der Waals surface area contributed by atoms with E-state index in [1.165, 1.54) is 6.92 Å². The summed E-state index contributed by atoms with van der Waals surface area (Å²) in [7, 11) is 0. The monoisotopic (exact) mass is 196 g/mol. The molecule has 76 valence electrons. The number of aliphatic hydroxyl groups excluding tert-OH is 1. The number of hydrogen-bond donors (Lipinski definition) is 1. The Kier molecular flexibility index (Phi) is 4.10. The van der Waals surface area contributed by atoms with E-state index in [0.717, 1.165) is 0 Å². The molecule has 0 spiro atoms. The first kappa shape index (κ1) is 10.7. The molecule has 0 radical (unpaired) electrons. The Hall–Kier alpha value is -1.39. The standard InChI is InChI=1S/C10H12O4/c1-8(12)9-3-2-4-10(7-9)14-13-6-5-11/h2-4,7,11H,5-6H2,1H3. The summed E-state index contributed by atoms with van der Waals surface area (Å²) >= 11 is 0. The third kappa shape index (κ3) is 3.16. The number of carbonyl (C=O) groups is 1. The van der Waals surface area contributed by atoms with Crippen molar-refractivity contribution in [2.45, 2.75) is 6.92 Å². The van der Waals surface area contributed by atoms with E-state index in [-0.39, 0.29) is 19.0 Å². The van der Waals surface area contributed by atoms with Gasteiger partial charge in [-0.25, -0.2) is 0 Å². The second kappa shape index (κ2) is 5.36. The van der Waals surface area contributed by atoms with E-state index >= 15 is 0 Å². The van der Waals surface area contributed by atoms with Crippen molar-refractivity contribution >= 4 is 5.78 Å². The first-order chi connectivity index (χ1) is 6.74. The summed E-state index contributed by atoms with van der Waals surface area (Å²) in [5, 5.41) is 8.43. The van der Waals surface area contributed by atoms with E-state index in [0.29, 0.717) is 11.3 Å². The first-order valence-corrected chi connectivity index (χ1v) is 4.25. The quantitative estimate of drug-likeness (QED) is 0.332. The highest BCUT2D eigenvalue weighted by Gasteiger charge is 2.01. The highest BCUT2D eigenvalue weighted by Crippen LogP contribution is 2.13. The van der Waals surface area contributed by atoms with Crippen molar-refractivity contribution in [3.63, 3.8) is 0 Å². The molecule has 1 aromatic carbocycles. The van der Waals surface area contributed by atoms with Gasteiger partial charge in [-0.15, -0.1) is 0 Å². The van der Waals surface area contributed by atoms with Crippen LogP contribution in [0.15, 0.2) is 24.3 Å². The molecule has 1 aromatic rings. The Bertz CT molecular complexity index is 309. The lowest BCUT2D eigenvalue weighted by Gasteiger charge is -2.04. The van der Waals surface area contributed by atoms with Crippen LogP contribution in [0.2, 0.25) is 0 Å². The molecule has 0 saturated heterocycles. The summed E-state index contributed by atoms with van der Waals surface area (Å²) in [6, 6.07) is 6.65. The third-order valence-electron chi connectivity index (χ3n) is 1.57. The number of benzene rings is 1. The van der Waals surface area contributed by atoms with E-state index in [2.05, 4.69) is 4.89 Å². The summed E-state index contributed by atoms with van der Waals surface area (Å²) in [4.78, 5) is 20.5. The largest absolute Gasteiger partial charge is 0.394 e. The fraction of sp³-hybridized carbons (Fsp3) is 0.300. The Balaban J connectivity index is 2.59. The van der Waals surface area contributed by atoms with Crippen LogP contribution < -0.4 is 4.89 Å². The van der Waals surface area contributed by atoms with Crippen LogP contribution in [0.5, 0.6) is 5.75 Å². The molecule has 0 aromatic heterocycles. The Morgan fingerprint density at radius 2 is 2.29 bits per heavy atom. The molecule has 0 atom stereocenters. The molecule has 0 aliphatic heterocycles. The van der Waals surface area contributed by atoms with Crippen molar-refractivity contribution in [2.75, 3.05) is 13.2 Å². The molecular weight excluding hydrogens is 184 g/mol. The fourth-order valence-corrected chi connectivity index (χ4v) is 0.914. The second-order valence-electron chi connectivity index (χ2n) is 2.71. The van der Waals surface area contributed by atoms with E-state index in [4.69, 9.17) is 9.99 Å². The van der Waals surface area contributed by atoms with Gasteiger partial charge in [0.25, 0.3) is 0 Å². The number of carbonyl (C=O) groups excluding carboxylic acids is 1. The lowest BCUT2D eigenvalue weighted by atomic mass is 10.1. The lowest BCUT2D eigenvalue weighted by molar-refractivity contribution is -0.212. The molecular formula is C10H12O4. The van der Waals surface area contributed by atoms with Crippen molar-refractivity contribution in [1.29, 1.82) is 0 Å². The smallest absolute Gasteiger partial charge is 0.166 e. The van der Waals surface area contributed by atoms with Crippen LogP contribution in [0.4, 0.5) is 0 Å². The van der Waals surface area contributed by atoms with Crippen LogP contribution >= 0.6 is 0 Å². The maximum atomic E-state index is 11.0. The lowest BCUT2D eigenvalue weighted by Crippen LogP contribution is -2.03. The van der Waals surface area contributed by atoms with Gasteiger partial charge in [0.05, 0.1) is 6.61 Å². The van der Waals surface area contributed by atoms with Crippen molar-refractivity contribution < 1.29 is 19.7 Å². The Morgan fingerprint density at radius 1 is 1.50 bits per heavy atom. The van der Waals surface area contributed by atoms with E-state index in [1.54, 1.807) is 24.3 Å². The summed E-state index contributed by atoms with van der Waals surface area (Å²) in [5.41, 5.74) is 0.565. The molecule has 0 amide bonds.